The number of carbonyl (C=O) groups excluding carboxylic acids is 1. The number of para-hydroxylation sites is 1. The zero-order chi connectivity index (χ0) is 25.1. The molecule has 0 bridgehead atoms. The van der Waals surface area contributed by atoms with Crippen LogP contribution >= 0.6 is 0 Å². The molecule has 3 heterocycles. The maximum atomic E-state index is 13.2. The van der Waals surface area contributed by atoms with Crippen LogP contribution in [0, 0.1) is 0 Å². The number of pyridine rings is 2. The number of aromatic nitrogens is 3. The van der Waals surface area contributed by atoms with Gasteiger partial charge in [0.1, 0.15) is 5.65 Å². The number of fused-ring (bicyclic) bond motifs is 1. The highest BCUT2D eigenvalue weighted by Gasteiger charge is 2.33. The lowest BCUT2D eigenvalue weighted by atomic mass is 10.1. The number of carbonyl (C=O) groups is 1. The average molecular weight is 487 g/mol. The molecule has 0 unspecified atom stereocenters. The van der Waals surface area contributed by atoms with Gasteiger partial charge in [-0.05, 0) is 59.2 Å². The quantitative estimate of drug-likeness (QED) is 0.301. The van der Waals surface area contributed by atoms with E-state index >= 15 is 0 Å². The van der Waals surface area contributed by atoms with Crippen molar-refractivity contribution >= 4 is 17.4 Å². The molecule has 0 radical (unpaired) electrons. The Morgan fingerprint density at radius 2 is 1.69 bits per heavy atom. The Morgan fingerprint density at radius 3 is 2.50 bits per heavy atom. The summed E-state index contributed by atoms with van der Waals surface area (Å²) in [6.45, 7) is 0.136. The Labute approximate surface area is 204 Å². The maximum absolute atomic E-state index is 13.2. The molecule has 2 N–H and O–H groups in total. The number of imidazole rings is 1. The minimum Gasteiger partial charge on any atom is -0.334 e. The number of hydrogen-bond donors (Lipinski definition) is 2. The third-order valence-corrected chi connectivity index (χ3v) is 5.68. The van der Waals surface area contributed by atoms with Crippen molar-refractivity contribution in [1.82, 2.24) is 19.7 Å². The summed E-state index contributed by atoms with van der Waals surface area (Å²) in [5, 5.41) is 4.90. The number of alkyl halides is 3. The fourth-order valence-corrected chi connectivity index (χ4v) is 3.95. The Kier molecular flexibility index (Phi) is 6.12. The summed E-state index contributed by atoms with van der Waals surface area (Å²) in [5.74, 6) is 0. The summed E-state index contributed by atoms with van der Waals surface area (Å²) in [7, 11) is 0. The van der Waals surface area contributed by atoms with Gasteiger partial charge in [0, 0.05) is 30.7 Å². The number of hydrogen-bond acceptors (Lipinski definition) is 3. The van der Waals surface area contributed by atoms with Crippen LogP contribution in [0.3, 0.4) is 0 Å². The molecular formula is C27H20F3N5O. The van der Waals surface area contributed by atoms with E-state index in [0.29, 0.717) is 0 Å². The SMILES string of the molecule is O=C(NCc1cccc(-c2cnc3cc(-c4ccncc4)ccn23)c1)Nc1ccccc1C(F)(F)F. The molecule has 0 aliphatic heterocycles. The van der Waals surface area contributed by atoms with Crippen molar-refractivity contribution in [3.8, 4) is 22.4 Å². The van der Waals surface area contributed by atoms with Gasteiger partial charge in [-0.25, -0.2) is 9.78 Å². The van der Waals surface area contributed by atoms with Crippen molar-refractivity contribution in [2.75, 3.05) is 5.32 Å². The van der Waals surface area contributed by atoms with E-state index in [4.69, 9.17) is 0 Å². The summed E-state index contributed by atoms with van der Waals surface area (Å²) in [4.78, 5) is 20.9. The first-order chi connectivity index (χ1) is 17.4. The van der Waals surface area contributed by atoms with E-state index in [1.54, 1.807) is 18.6 Å². The van der Waals surface area contributed by atoms with Gasteiger partial charge in [-0.15, -0.1) is 0 Å². The zero-order valence-electron chi connectivity index (χ0n) is 18.8. The summed E-state index contributed by atoms with van der Waals surface area (Å²) in [5.41, 5.74) is 4.20. The lowest BCUT2D eigenvalue weighted by Crippen LogP contribution is -2.29. The lowest BCUT2D eigenvalue weighted by Gasteiger charge is -2.14. The van der Waals surface area contributed by atoms with Gasteiger partial charge in [0.25, 0.3) is 0 Å². The average Bonchev–Trinajstić information content (AvgIpc) is 3.31. The molecule has 0 aliphatic carbocycles. The second kappa shape index (κ2) is 9.53. The molecule has 6 nitrogen and oxygen atoms in total. The van der Waals surface area contributed by atoms with Crippen molar-refractivity contribution in [1.29, 1.82) is 0 Å². The molecule has 2 amide bonds. The Morgan fingerprint density at radius 1 is 0.889 bits per heavy atom. The molecule has 0 saturated carbocycles. The van der Waals surface area contributed by atoms with E-state index in [1.807, 2.05) is 59.1 Å². The number of nitrogens with zero attached hydrogens (tertiary/aromatic N) is 3. The van der Waals surface area contributed by atoms with Gasteiger partial charge in [-0.2, -0.15) is 13.2 Å². The largest absolute Gasteiger partial charge is 0.418 e. The highest BCUT2D eigenvalue weighted by atomic mass is 19.4. The van der Waals surface area contributed by atoms with E-state index in [0.717, 1.165) is 39.7 Å². The highest BCUT2D eigenvalue weighted by molar-refractivity contribution is 5.90. The summed E-state index contributed by atoms with van der Waals surface area (Å²) < 4.78 is 41.5. The number of nitrogens with one attached hydrogen (secondary N) is 2. The van der Waals surface area contributed by atoms with Crippen molar-refractivity contribution < 1.29 is 18.0 Å². The van der Waals surface area contributed by atoms with Crippen molar-refractivity contribution in [3.63, 3.8) is 0 Å². The van der Waals surface area contributed by atoms with Gasteiger partial charge in [0.2, 0.25) is 0 Å². The Balaban J connectivity index is 1.31. The number of urea groups is 1. The van der Waals surface area contributed by atoms with Gasteiger partial charge in [0.05, 0.1) is 23.1 Å². The Hall–Kier alpha value is -4.66. The predicted molar refractivity (Wildman–Crippen MR) is 131 cm³/mol. The molecule has 5 rings (SSSR count). The lowest BCUT2D eigenvalue weighted by molar-refractivity contribution is -0.136. The van der Waals surface area contributed by atoms with Crippen LogP contribution in [0.5, 0.6) is 0 Å². The summed E-state index contributed by atoms with van der Waals surface area (Å²) in [6, 6.07) is 19.5. The number of anilines is 1. The van der Waals surface area contributed by atoms with Gasteiger partial charge in [-0.1, -0.05) is 30.3 Å². The molecule has 36 heavy (non-hydrogen) atoms. The first kappa shape index (κ1) is 23.1. The summed E-state index contributed by atoms with van der Waals surface area (Å²) >= 11 is 0. The van der Waals surface area contributed by atoms with Crippen LogP contribution in [0.4, 0.5) is 23.7 Å². The molecule has 0 spiro atoms. The topological polar surface area (TPSA) is 71.3 Å². The van der Waals surface area contributed by atoms with Gasteiger partial charge < -0.3 is 10.6 Å². The molecule has 0 saturated heterocycles. The fraction of sp³-hybridized carbons (Fsp3) is 0.0741. The van der Waals surface area contributed by atoms with Crippen LogP contribution in [0.1, 0.15) is 11.1 Å². The molecule has 3 aromatic heterocycles. The standard InChI is InChI=1S/C27H20F3N5O/c28-27(29,30)22-6-1-2-7-23(22)34-26(36)33-16-18-4-3-5-21(14-18)24-17-32-25-15-20(10-13-35(24)25)19-8-11-31-12-9-19/h1-15,17H,16H2,(H2,33,34,36). The monoisotopic (exact) mass is 487 g/mol. The van der Waals surface area contributed by atoms with E-state index in [2.05, 4.69) is 20.6 Å². The molecule has 2 aromatic carbocycles. The van der Waals surface area contributed by atoms with Crippen molar-refractivity contribution in [3.05, 3.63) is 109 Å². The first-order valence-corrected chi connectivity index (χ1v) is 11.1. The van der Waals surface area contributed by atoms with Gasteiger partial charge in [0.15, 0.2) is 0 Å². The van der Waals surface area contributed by atoms with E-state index in [-0.39, 0.29) is 12.2 Å². The maximum Gasteiger partial charge on any atom is 0.418 e. The van der Waals surface area contributed by atoms with Crippen molar-refractivity contribution in [2.45, 2.75) is 12.7 Å². The van der Waals surface area contributed by atoms with E-state index < -0.39 is 17.8 Å². The third-order valence-electron chi connectivity index (χ3n) is 5.68. The second-order valence-corrected chi connectivity index (χ2v) is 8.07. The van der Waals surface area contributed by atoms with Crippen LogP contribution in [0.25, 0.3) is 28.0 Å². The van der Waals surface area contributed by atoms with Gasteiger partial charge >= 0.3 is 12.2 Å². The third kappa shape index (κ3) is 4.90. The summed E-state index contributed by atoms with van der Waals surface area (Å²) in [6.07, 6.45) is 2.64. The van der Waals surface area contributed by atoms with Crippen LogP contribution in [0.2, 0.25) is 0 Å². The molecule has 9 heteroatoms. The zero-order valence-corrected chi connectivity index (χ0v) is 18.8. The smallest absolute Gasteiger partial charge is 0.334 e. The van der Waals surface area contributed by atoms with Crippen LogP contribution in [-0.4, -0.2) is 20.4 Å². The second-order valence-electron chi connectivity index (χ2n) is 8.07. The molecule has 0 atom stereocenters. The fourth-order valence-electron chi connectivity index (χ4n) is 3.95. The highest BCUT2D eigenvalue weighted by Crippen LogP contribution is 2.34. The number of amides is 2. The number of rotatable bonds is 5. The van der Waals surface area contributed by atoms with Crippen molar-refractivity contribution in [2.24, 2.45) is 0 Å². The predicted octanol–water partition coefficient (Wildman–Crippen LogP) is 6.40. The molecule has 5 aromatic rings. The van der Waals surface area contributed by atoms with Gasteiger partial charge in [-0.3, -0.25) is 9.38 Å². The first-order valence-electron chi connectivity index (χ1n) is 11.1. The minimum atomic E-state index is -4.56. The number of benzene rings is 2. The van der Waals surface area contributed by atoms with Crippen LogP contribution in [0.15, 0.2) is 97.6 Å². The molecule has 0 fully saturated rings. The van der Waals surface area contributed by atoms with Crippen LogP contribution < -0.4 is 10.6 Å². The van der Waals surface area contributed by atoms with E-state index in [9.17, 15) is 18.0 Å². The molecular weight excluding hydrogens is 467 g/mol. The normalized spacial score (nSPS) is 11.4. The minimum absolute atomic E-state index is 0.136. The molecule has 0 aliphatic rings. The number of halogens is 3. The molecule has 180 valence electrons. The Bertz CT molecular complexity index is 1530. The van der Waals surface area contributed by atoms with Crippen LogP contribution in [-0.2, 0) is 12.7 Å². The van der Waals surface area contributed by atoms with E-state index in [1.165, 1.54) is 18.2 Å².